The van der Waals surface area contributed by atoms with E-state index in [2.05, 4.69) is 46.1 Å². The Balaban J connectivity index is 1.94. The zero-order valence-electron chi connectivity index (χ0n) is 19.1. The Bertz CT molecular complexity index is 1080. The van der Waals surface area contributed by atoms with E-state index in [4.69, 9.17) is 22.3 Å². The summed E-state index contributed by atoms with van der Waals surface area (Å²) in [6.45, 7) is 8.40. The second-order valence-electron chi connectivity index (χ2n) is 8.79. The van der Waals surface area contributed by atoms with Crippen LogP contribution in [-0.2, 0) is 10.2 Å². The fourth-order valence-electron chi connectivity index (χ4n) is 3.16. The number of nitrogens with one attached hydrogen (secondary N) is 2. The Labute approximate surface area is 201 Å². The lowest BCUT2D eigenvalue weighted by Crippen LogP contribution is -2.37. The molecular weight excluding hydrogens is 467 g/mol. The number of allylic oxidation sites excluding steroid dienone is 4. The second kappa shape index (κ2) is 10.0. The smallest absolute Gasteiger partial charge is 0.407 e. The molecule has 0 spiro atoms. The van der Waals surface area contributed by atoms with Crippen LogP contribution in [0.1, 0.15) is 44.3 Å². The fourth-order valence-corrected chi connectivity index (χ4v) is 4.56. The lowest BCUT2D eigenvalue weighted by atomic mass is 9.92. The summed E-state index contributed by atoms with van der Waals surface area (Å²) in [5.41, 5.74) is 7.26. The lowest BCUT2D eigenvalue weighted by Gasteiger charge is -2.22. The van der Waals surface area contributed by atoms with Crippen LogP contribution in [0.2, 0.25) is 0 Å². The van der Waals surface area contributed by atoms with Gasteiger partial charge in [0.05, 0.1) is 33.8 Å². The molecule has 3 atom stereocenters. The average Bonchev–Trinajstić information content (AvgIpc) is 3.21. The largest absolute Gasteiger partial charge is 0.453 e. The molecule has 1 aliphatic rings. The van der Waals surface area contributed by atoms with Crippen LogP contribution in [0.25, 0.3) is 10.6 Å². The summed E-state index contributed by atoms with van der Waals surface area (Å²) in [6, 6.07) is 1.56. The summed E-state index contributed by atoms with van der Waals surface area (Å²) in [4.78, 5) is 25.9. The number of nitrogens with two attached hydrogens (primary N) is 1. The number of rotatable bonds is 6. The number of carbonyl (C=O) groups is 1. The fraction of sp³-hybridized carbons (Fsp3) is 0.455. The Morgan fingerprint density at radius 2 is 2.12 bits per heavy atom. The van der Waals surface area contributed by atoms with Crippen molar-refractivity contribution in [2.45, 2.75) is 50.4 Å². The number of nitrogens with zero attached hydrogens (tertiary/aromatic N) is 3. The molecule has 0 saturated carbocycles. The number of amides is 1. The molecule has 2 heterocycles. The normalized spacial score (nSPS) is 19.4. The van der Waals surface area contributed by atoms with E-state index in [9.17, 15) is 9.18 Å². The van der Waals surface area contributed by atoms with Crippen molar-refractivity contribution in [3.05, 3.63) is 46.6 Å². The number of aromatic nitrogens is 3. The molecule has 0 aromatic carbocycles. The number of hydrogen-bond acceptors (Lipinski definition) is 8. The Hall–Kier alpha value is -2.72. The van der Waals surface area contributed by atoms with E-state index in [1.807, 2.05) is 6.92 Å². The molecule has 0 saturated heterocycles. The maximum Gasteiger partial charge on any atom is 0.407 e. The van der Waals surface area contributed by atoms with Crippen molar-refractivity contribution in [1.82, 2.24) is 20.3 Å². The molecular formula is C22H28ClFN6O2S. The highest BCUT2D eigenvalue weighted by atomic mass is 35.5. The van der Waals surface area contributed by atoms with Gasteiger partial charge in [0.1, 0.15) is 5.83 Å². The lowest BCUT2D eigenvalue weighted by molar-refractivity contribution is 0.168. The zero-order chi connectivity index (χ0) is 24.3. The Morgan fingerprint density at radius 3 is 2.79 bits per heavy atom. The van der Waals surface area contributed by atoms with E-state index in [-0.39, 0.29) is 17.2 Å². The van der Waals surface area contributed by atoms with Crippen molar-refractivity contribution in [2.75, 3.05) is 19.0 Å². The highest BCUT2D eigenvalue weighted by Gasteiger charge is 2.33. The molecule has 2 unspecified atom stereocenters. The minimum Gasteiger partial charge on any atom is -0.453 e. The van der Waals surface area contributed by atoms with Crippen LogP contribution in [0.4, 0.5) is 15.1 Å². The third-order valence-corrected chi connectivity index (χ3v) is 6.93. The molecule has 1 aliphatic carbocycles. The van der Waals surface area contributed by atoms with Gasteiger partial charge in [-0.2, -0.15) is 0 Å². The van der Waals surface area contributed by atoms with Gasteiger partial charge in [-0.25, -0.2) is 24.1 Å². The van der Waals surface area contributed by atoms with Gasteiger partial charge in [0.25, 0.3) is 0 Å². The van der Waals surface area contributed by atoms with Crippen LogP contribution in [-0.4, -0.2) is 46.1 Å². The third kappa shape index (κ3) is 6.00. The highest BCUT2D eigenvalue weighted by Crippen LogP contribution is 2.43. The van der Waals surface area contributed by atoms with E-state index in [1.165, 1.54) is 30.6 Å². The molecule has 8 nitrogen and oxygen atoms in total. The molecule has 0 bridgehead atoms. The molecule has 1 amide bonds. The highest BCUT2D eigenvalue weighted by molar-refractivity contribution is 7.15. The molecule has 178 valence electrons. The predicted molar refractivity (Wildman–Crippen MR) is 129 cm³/mol. The van der Waals surface area contributed by atoms with Gasteiger partial charge in [-0.3, -0.25) is 0 Å². The Morgan fingerprint density at radius 1 is 1.39 bits per heavy atom. The van der Waals surface area contributed by atoms with E-state index >= 15 is 0 Å². The van der Waals surface area contributed by atoms with E-state index in [0.29, 0.717) is 23.9 Å². The van der Waals surface area contributed by atoms with Crippen molar-refractivity contribution in [3.8, 4) is 10.6 Å². The predicted octanol–water partition coefficient (Wildman–Crippen LogP) is 4.45. The maximum absolute atomic E-state index is 14.2. The van der Waals surface area contributed by atoms with Crippen LogP contribution in [0.5, 0.6) is 0 Å². The van der Waals surface area contributed by atoms with Gasteiger partial charge >= 0.3 is 6.09 Å². The molecule has 33 heavy (non-hydrogen) atoms. The molecule has 3 rings (SSSR count). The number of hydrogen-bond donors (Lipinski definition) is 3. The van der Waals surface area contributed by atoms with Crippen molar-refractivity contribution < 1.29 is 13.9 Å². The van der Waals surface area contributed by atoms with Crippen LogP contribution in [0, 0.1) is 0 Å². The molecule has 0 radical (unpaired) electrons. The number of alkyl halides is 1. The quantitative estimate of drug-likeness (QED) is 0.508. The monoisotopic (exact) mass is 494 g/mol. The number of halogens is 2. The van der Waals surface area contributed by atoms with Crippen LogP contribution in [0.15, 0.2) is 35.9 Å². The Kier molecular flexibility index (Phi) is 7.58. The van der Waals surface area contributed by atoms with Crippen LogP contribution < -0.4 is 16.4 Å². The summed E-state index contributed by atoms with van der Waals surface area (Å²) < 4.78 is 18.8. The number of methoxy groups -OCH3 is 1. The molecule has 2 aromatic heterocycles. The second-order valence-corrected chi connectivity index (χ2v) is 10.3. The SMILES string of the molecule is COC(=O)N[C@@H](C)CNc1nccc(-c2sc(C(C)(C)C)nc2C2C=C(F)C=C(N)C2Cl)n1. The van der Waals surface area contributed by atoms with E-state index < -0.39 is 23.2 Å². The average molecular weight is 495 g/mol. The standard InChI is InChI=1S/C22H28ClFN6O2S/c1-11(28-21(31)32-5)10-27-20-26-7-6-15(29-20)18-17(30-19(33-18)22(2,3)4)13-8-12(24)9-14(25)16(13)23/h6-9,11,13,16H,10,25H2,1-5H3,(H,28,31)(H,26,27,29)/t11-,13?,16?/m0/s1. The van der Waals surface area contributed by atoms with Gasteiger partial charge in [0.15, 0.2) is 0 Å². The summed E-state index contributed by atoms with van der Waals surface area (Å²) in [6.07, 6.45) is 3.80. The topological polar surface area (TPSA) is 115 Å². The van der Waals surface area contributed by atoms with Crippen LogP contribution in [0.3, 0.4) is 0 Å². The number of anilines is 1. The van der Waals surface area contributed by atoms with Crippen molar-refractivity contribution >= 4 is 35.0 Å². The number of thiazole rings is 1. The molecule has 11 heteroatoms. The maximum atomic E-state index is 14.2. The first-order valence-corrected chi connectivity index (χ1v) is 11.7. The summed E-state index contributed by atoms with van der Waals surface area (Å²) in [5.74, 6) is -0.590. The first-order chi connectivity index (χ1) is 15.5. The van der Waals surface area contributed by atoms with Crippen molar-refractivity contribution in [3.63, 3.8) is 0 Å². The summed E-state index contributed by atoms with van der Waals surface area (Å²) in [7, 11) is 1.31. The van der Waals surface area contributed by atoms with Gasteiger partial charge in [0, 0.05) is 35.8 Å². The molecule has 4 N–H and O–H groups in total. The molecule has 0 aliphatic heterocycles. The number of alkyl carbamates (subject to hydrolysis) is 1. The summed E-state index contributed by atoms with van der Waals surface area (Å²) >= 11 is 8.04. The van der Waals surface area contributed by atoms with Gasteiger partial charge in [-0.05, 0) is 25.1 Å². The van der Waals surface area contributed by atoms with E-state index in [1.54, 1.807) is 12.3 Å². The third-order valence-electron chi connectivity index (χ3n) is 4.89. The minimum atomic E-state index is -0.622. The van der Waals surface area contributed by atoms with Crippen LogP contribution >= 0.6 is 22.9 Å². The number of carbonyl (C=O) groups excluding carboxylic acids is 1. The van der Waals surface area contributed by atoms with Crippen molar-refractivity contribution in [1.29, 1.82) is 0 Å². The zero-order valence-corrected chi connectivity index (χ0v) is 20.7. The van der Waals surface area contributed by atoms with Gasteiger partial charge < -0.3 is 21.1 Å². The van der Waals surface area contributed by atoms with Gasteiger partial charge in [-0.15, -0.1) is 22.9 Å². The van der Waals surface area contributed by atoms with Gasteiger partial charge in [0.2, 0.25) is 5.95 Å². The molecule has 0 fully saturated rings. The van der Waals surface area contributed by atoms with Crippen molar-refractivity contribution in [2.24, 2.45) is 5.73 Å². The first-order valence-electron chi connectivity index (χ1n) is 10.4. The van der Waals surface area contributed by atoms with Gasteiger partial charge in [-0.1, -0.05) is 20.8 Å². The first kappa shape index (κ1) is 24.9. The van der Waals surface area contributed by atoms with E-state index in [0.717, 1.165) is 9.88 Å². The molecule has 2 aromatic rings. The number of ether oxygens (including phenoxy) is 1. The summed E-state index contributed by atoms with van der Waals surface area (Å²) in [5, 5.41) is 6.03. The minimum absolute atomic E-state index is 0.210.